The van der Waals surface area contributed by atoms with Crippen LogP contribution in [0.3, 0.4) is 0 Å². The van der Waals surface area contributed by atoms with E-state index in [-0.39, 0.29) is 5.78 Å². The molecule has 0 aliphatic heterocycles. The molecule has 1 rings (SSSR count). The molecule has 1 heterocycles. The fraction of sp³-hybridized carbons (Fsp3) is 0.250. The van der Waals surface area contributed by atoms with Crippen LogP contribution in [-0.2, 0) is 0 Å². The summed E-state index contributed by atoms with van der Waals surface area (Å²) in [6.07, 6.45) is 1.57. The number of Topliss-reactive ketones (excluding diaryl/α,β-unsaturated/α-hetero) is 1. The van der Waals surface area contributed by atoms with Crippen LogP contribution in [0.1, 0.15) is 17.4 Å². The van der Waals surface area contributed by atoms with Gasteiger partial charge in [-0.15, -0.1) is 0 Å². The van der Waals surface area contributed by atoms with Gasteiger partial charge in [-0.2, -0.15) is 0 Å². The van der Waals surface area contributed by atoms with Gasteiger partial charge in [0.1, 0.15) is 11.4 Å². The number of carbonyl (C=O) groups excluding carboxylic acids is 1. The molecule has 3 heteroatoms. The zero-order valence-corrected chi connectivity index (χ0v) is 6.50. The Hall–Kier alpha value is -1.38. The van der Waals surface area contributed by atoms with Gasteiger partial charge in [-0.3, -0.25) is 4.79 Å². The quantitative estimate of drug-likeness (QED) is 0.598. The van der Waals surface area contributed by atoms with Crippen LogP contribution in [0.5, 0.6) is 5.75 Å². The lowest BCUT2D eigenvalue weighted by Crippen LogP contribution is -1.99. The van der Waals surface area contributed by atoms with Crippen molar-refractivity contribution in [3.8, 4) is 5.75 Å². The van der Waals surface area contributed by atoms with Crippen LogP contribution in [-0.4, -0.2) is 17.9 Å². The molecular formula is C8H9NO2. The standard InChI is InChI=1S/C8H9NO2/c1-6(10)8-7(11-2)4-3-5-9-8/h3-5H,1-2H3. The van der Waals surface area contributed by atoms with Crippen LogP contribution in [0.4, 0.5) is 0 Å². The van der Waals surface area contributed by atoms with Crippen molar-refractivity contribution < 1.29 is 9.53 Å². The first-order valence-electron chi connectivity index (χ1n) is 3.25. The van der Waals surface area contributed by atoms with Crippen LogP contribution in [0.2, 0.25) is 0 Å². The molecule has 3 nitrogen and oxygen atoms in total. The molecule has 0 saturated carbocycles. The molecule has 1 aromatic heterocycles. The highest BCUT2D eigenvalue weighted by Crippen LogP contribution is 2.13. The first kappa shape index (κ1) is 7.72. The van der Waals surface area contributed by atoms with E-state index in [0.29, 0.717) is 11.4 Å². The third-order valence-electron chi connectivity index (χ3n) is 1.32. The zero-order valence-electron chi connectivity index (χ0n) is 6.50. The highest BCUT2D eigenvalue weighted by molar-refractivity contribution is 5.94. The highest BCUT2D eigenvalue weighted by Gasteiger charge is 2.06. The smallest absolute Gasteiger partial charge is 0.181 e. The van der Waals surface area contributed by atoms with Crippen LogP contribution in [0, 0.1) is 0 Å². The van der Waals surface area contributed by atoms with Crippen molar-refractivity contribution in [2.75, 3.05) is 7.11 Å². The molecule has 0 bridgehead atoms. The molecule has 0 aromatic carbocycles. The van der Waals surface area contributed by atoms with E-state index in [0.717, 1.165) is 0 Å². The lowest BCUT2D eigenvalue weighted by atomic mass is 10.2. The van der Waals surface area contributed by atoms with Crippen molar-refractivity contribution in [2.45, 2.75) is 6.92 Å². The Bertz CT molecular complexity index is 271. The van der Waals surface area contributed by atoms with Gasteiger partial charge in [-0.25, -0.2) is 4.98 Å². The number of ether oxygens (including phenoxy) is 1. The van der Waals surface area contributed by atoms with E-state index in [9.17, 15) is 4.79 Å². The molecule has 1 aromatic rings. The summed E-state index contributed by atoms with van der Waals surface area (Å²) < 4.78 is 4.92. The van der Waals surface area contributed by atoms with Gasteiger partial charge in [0.15, 0.2) is 5.78 Å². The average molecular weight is 151 g/mol. The molecule has 0 spiro atoms. The predicted octanol–water partition coefficient (Wildman–Crippen LogP) is 1.29. The fourth-order valence-corrected chi connectivity index (χ4v) is 0.820. The van der Waals surface area contributed by atoms with Crippen LogP contribution >= 0.6 is 0 Å². The number of hydrogen-bond donors (Lipinski definition) is 0. The van der Waals surface area contributed by atoms with E-state index in [1.165, 1.54) is 14.0 Å². The molecule has 11 heavy (non-hydrogen) atoms. The Morgan fingerprint density at radius 3 is 2.82 bits per heavy atom. The van der Waals surface area contributed by atoms with Crippen molar-refractivity contribution in [3.05, 3.63) is 24.0 Å². The summed E-state index contributed by atoms with van der Waals surface area (Å²) in [7, 11) is 1.52. The largest absolute Gasteiger partial charge is 0.494 e. The monoisotopic (exact) mass is 151 g/mol. The minimum absolute atomic E-state index is 0.0811. The predicted molar refractivity (Wildman–Crippen MR) is 40.8 cm³/mol. The lowest BCUT2D eigenvalue weighted by molar-refractivity contribution is 0.101. The summed E-state index contributed by atoms with van der Waals surface area (Å²) in [6.45, 7) is 1.46. The number of aromatic nitrogens is 1. The number of rotatable bonds is 2. The topological polar surface area (TPSA) is 39.2 Å². The molecule has 0 radical (unpaired) electrons. The van der Waals surface area contributed by atoms with Gasteiger partial charge >= 0.3 is 0 Å². The summed E-state index contributed by atoms with van der Waals surface area (Å²) in [4.78, 5) is 14.8. The first-order valence-corrected chi connectivity index (χ1v) is 3.25. The van der Waals surface area contributed by atoms with E-state index in [2.05, 4.69) is 4.98 Å². The van der Waals surface area contributed by atoms with Crippen LogP contribution in [0.25, 0.3) is 0 Å². The molecule has 0 aliphatic carbocycles. The van der Waals surface area contributed by atoms with Crippen molar-refractivity contribution in [2.24, 2.45) is 0 Å². The minimum atomic E-state index is -0.0811. The number of hydrogen-bond acceptors (Lipinski definition) is 3. The summed E-state index contributed by atoms with van der Waals surface area (Å²) in [5, 5.41) is 0. The number of nitrogens with zero attached hydrogens (tertiary/aromatic N) is 1. The van der Waals surface area contributed by atoms with Crippen molar-refractivity contribution in [1.82, 2.24) is 4.98 Å². The Morgan fingerprint density at radius 1 is 1.64 bits per heavy atom. The SMILES string of the molecule is COc1cccnc1C(C)=O. The Labute approximate surface area is 65.0 Å². The van der Waals surface area contributed by atoms with E-state index >= 15 is 0 Å². The minimum Gasteiger partial charge on any atom is -0.494 e. The maximum absolute atomic E-state index is 10.9. The second-order valence-electron chi connectivity index (χ2n) is 2.11. The summed E-state index contributed by atoms with van der Waals surface area (Å²) in [5.74, 6) is 0.447. The van der Waals surface area contributed by atoms with Gasteiger partial charge in [0.05, 0.1) is 7.11 Å². The van der Waals surface area contributed by atoms with Crippen LogP contribution in [0.15, 0.2) is 18.3 Å². The third-order valence-corrected chi connectivity index (χ3v) is 1.32. The molecule has 0 N–H and O–H groups in total. The van der Waals surface area contributed by atoms with E-state index in [1.807, 2.05) is 0 Å². The number of methoxy groups -OCH3 is 1. The van der Waals surface area contributed by atoms with E-state index < -0.39 is 0 Å². The molecule has 0 saturated heterocycles. The van der Waals surface area contributed by atoms with Crippen molar-refractivity contribution in [3.63, 3.8) is 0 Å². The van der Waals surface area contributed by atoms with Crippen LogP contribution < -0.4 is 4.74 Å². The zero-order chi connectivity index (χ0) is 8.27. The average Bonchev–Trinajstić information content (AvgIpc) is 2.04. The number of carbonyl (C=O) groups is 1. The molecule has 0 amide bonds. The molecule has 0 atom stereocenters. The summed E-state index contributed by atoms with van der Waals surface area (Å²) in [6, 6.07) is 3.44. The molecule has 58 valence electrons. The van der Waals surface area contributed by atoms with Crippen molar-refractivity contribution in [1.29, 1.82) is 0 Å². The second kappa shape index (κ2) is 3.14. The van der Waals surface area contributed by atoms with Gasteiger partial charge in [0.2, 0.25) is 0 Å². The second-order valence-corrected chi connectivity index (χ2v) is 2.11. The van der Waals surface area contributed by atoms with Gasteiger partial charge in [-0.1, -0.05) is 0 Å². The highest BCUT2D eigenvalue weighted by atomic mass is 16.5. The summed E-state index contributed by atoms with van der Waals surface area (Å²) >= 11 is 0. The third kappa shape index (κ3) is 1.55. The molecule has 0 fully saturated rings. The van der Waals surface area contributed by atoms with Gasteiger partial charge in [0, 0.05) is 13.1 Å². The fourth-order valence-electron chi connectivity index (χ4n) is 0.820. The Balaban J connectivity index is 3.12. The van der Waals surface area contributed by atoms with Gasteiger partial charge in [0.25, 0.3) is 0 Å². The Kier molecular flexibility index (Phi) is 2.21. The van der Waals surface area contributed by atoms with Gasteiger partial charge in [-0.05, 0) is 12.1 Å². The normalized spacial score (nSPS) is 9.27. The van der Waals surface area contributed by atoms with Gasteiger partial charge < -0.3 is 4.74 Å². The van der Waals surface area contributed by atoms with Crippen molar-refractivity contribution >= 4 is 5.78 Å². The van der Waals surface area contributed by atoms with E-state index in [1.54, 1.807) is 18.3 Å². The first-order chi connectivity index (χ1) is 5.25. The molecular weight excluding hydrogens is 142 g/mol. The number of ketones is 1. The maximum Gasteiger partial charge on any atom is 0.181 e. The molecule has 0 aliphatic rings. The van der Waals surface area contributed by atoms with E-state index in [4.69, 9.17) is 4.74 Å². The number of pyridine rings is 1. The Morgan fingerprint density at radius 2 is 2.36 bits per heavy atom. The maximum atomic E-state index is 10.9. The lowest BCUT2D eigenvalue weighted by Gasteiger charge is -2.01. The molecule has 0 unspecified atom stereocenters. The summed E-state index contributed by atoms with van der Waals surface area (Å²) in [5.41, 5.74) is 0.384.